The van der Waals surface area contributed by atoms with Crippen molar-refractivity contribution in [3.05, 3.63) is 48.6 Å². The first kappa shape index (κ1) is 19.4. The molecule has 0 bridgehead atoms. The van der Waals surface area contributed by atoms with Crippen molar-refractivity contribution < 1.29 is 0 Å². The smallest absolute Gasteiger partial charge is 0.272 e. The Morgan fingerprint density at radius 2 is 2.00 bits per heavy atom. The number of aromatic amines is 3. The Hall–Kier alpha value is -2.41. The van der Waals surface area contributed by atoms with Gasteiger partial charge in [0.15, 0.2) is 0 Å². The van der Waals surface area contributed by atoms with Crippen molar-refractivity contribution in [3.63, 3.8) is 0 Å². The second-order valence-electron chi connectivity index (χ2n) is 7.64. The van der Waals surface area contributed by atoms with E-state index in [4.69, 9.17) is 4.98 Å². The molecule has 1 fully saturated rings. The summed E-state index contributed by atoms with van der Waals surface area (Å²) in [5.41, 5.74) is 0.913. The van der Waals surface area contributed by atoms with E-state index in [1.165, 1.54) is 12.8 Å². The van der Waals surface area contributed by atoms with Crippen LogP contribution in [0.1, 0.15) is 69.1 Å². The predicted octanol–water partition coefficient (Wildman–Crippen LogP) is 0.642. The third kappa shape index (κ3) is 4.13. The number of rotatable bonds is 5. The average Bonchev–Trinajstić information content (AvgIpc) is 3.05. The minimum Gasteiger partial charge on any atom is -0.345 e. The minimum atomic E-state index is -0.401. The van der Waals surface area contributed by atoms with Gasteiger partial charge in [-0.25, -0.2) is 4.98 Å². The molecule has 27 heavy (non-hydrogen) atoms. The van der Waals surface area contributed by atoms with Crippen LogP contribution in [-0.2, 0) is 0 Å². The third-order valence-electron chi connectivity index (χ3n) is 5.36. The standard InChI is InChI=1S/C20H29N5O2/c1-5-14(13-7-6-8-21-10-13)18-23-15(17(25-18)11(2)3)9-16-20(27)22-12(4)19(26)24-16/h9,11,13-14,21H,4-8,10H2,1-3H3,(H,22,27)(H,23,25)(H,24,26). The molecule has 7 nitrogen and oxygen atoms in total. The molecule has 3 heterocycles. The summed E-state index contributed by atoms with van der Waals surface area (Å²) in [5, 5.41) is 3.73. The van der Waals surface area contributed by atoms with E-state index < -0.39 is 5.56 Å². The maximum absolute atomic E-state index is 12.2. The van der Waals surface area contributed by atoms with Gasteiger partial charge in [-0.3, -0.25) is 9.59 Å². The molecule has 146 valence electrons. The van der Waals surface area contributed by atoms with Gasteiger partial charge in [0.1, 0.15) is 11.2 Å². The molecule has 1 aliphatic rings. The maximum atomic E-state index is 12.2. The van der Waals surface area contributed by atoms with E-state index in [2.05, 4.69) is 47.6 Å². The van der Waals surface area contributed by atoms with Gasteiger partial charge in [-0.2, -0.15) is 0 Å². The van der Waals surface area contributed by atoms with Crippen LogP contribution in [0.2, 0.25) is 0 Å². The molecular weight excluding hydrogens is 342 g/mol. The Morgan fingerprint density at radius 3 is 2.63 bits per heavy atom. The van der Waals surface area contributed by atoms with Gasteiger partial charge < -0.3 is 20.3 Å². The van der Waals surface area contributed by atoms with Crippen molar-refractivity contribution in [2.24, 2.45) is 5.92 Å². The summed E-state index contributed by atoms with van der Waals surface area (Å²) < 4.78 is 0. The molecule has 0 radical (unpaired) electrons. The van der Waals surface area contributed by atoms with Gasteiger partial charge >= 0.3 is 0 Å². The van der Waals surface area contributed by atoms with Crippen LogP contribution < -0.4 is 27.1 Å². The van der Waals surface area contributed by atoms with E-state index in [1.807, 2.05) is 0 Å². The van der Waals surface area contributed by atoms with Crippen molar-refractivity contribution >= 4 is 12.7 Å². The highest BCUT2D eigenvalue weighted by Crippen LogP contribution is 2.32. The molecule has 2 unspecified atom stereocenters. The van der Waals surface area contributed by atoms with Crippen LogP contribution in [0.3, 0.4) is 0 Å². The molecule has 3 rings (SSSR count). The first-order chi connectivity index (χ1) is 12.9. The number of nitrogens with zero attached hydrogens (tertiary/aromatic N) is 1. The molecule has 2 aromatic heterocycles. The highest BCUT2D eigenvalue weighted by molar-refractivity contribution is 5.48. The van der Waals surface area contributed by atoms with Gasteiger partial charge in [0.05, 0.1) is 11.0 Å². The van der Waals surface area contributed by atoms with E-state index in [9.17, 15) is 9.59 Å². The summed E-state index contributed by atoms with van der Waals surface area (Å²) in [7, 11) is 0. The molecule has 1 aliphatic heterocycles. The average molecular weight is 371 g/mol. The number of hydrogen-bond acceptors (Lipinski definition) is 4. The number of piperidine rings is 1. The van der Waals surface area contributed by atoms with Gasteiger partial charge in [-0.1, -0.05) is 27.4 Å². The second kappa shape index (κ2) is 8.08. The Balaban J connectivity index is 2.07. The largest absolute Gasteiger partial charge is 0.345 e. The number of H-pyrrole nitrogens is 3. The SMILES string of the molecule is C=c1[nH]c(=O)c(=Cc2nc(C(CC)C3CCCNC3)[nH]c2C(C)C)[nH]c1=O. The van der Waals surface area contributed by atoms with Crippen LogP contribution in [0.5, 0.6) is 0 Å². The maximum Gasteiger partial charge on any atom is 0.272 e. The highest BCUT2D eigenvalue weighted by atomic mass is 16.1. The zero-order chi connectivity index (χ0) is 19.6. The predicted molar refractivity (Wildman–Crippen MR) is 107 cm³/mol. The fraction of sp³-hybridized carbons (Fsp3) is 0.550. The Kier molecular flexibility index (Phi) is 5.79. The highest BCUT2D eigenvalue weighted by Gasteiger charge is 2.27. The number of aromatic nitrogens is 4. The summed E-state index contributed by atoms with van der Waals surface area (Å²) >= 11 is 0. The van der Waals surface area contributed by atoms with Gasteiger partial charge in [0, 0.05) is 11.6 Å². The molecule has 2 atom stereocenters. The van der Waals surface area contributed by atoms with Gasteiger partial charge in [0.2, 0.25) is 0 Å². The number of hydrogen-bond donors (Lipinski definition) is 4. The monoisotopic (exact) mass is 371 g/mol. The fourth-order valence-corrected chi connectivity index (χ4v) is 3.87. The molecule has 0 aliphatic carbocycles. The second-order valence-corrected chi connectivity index (χ2v) is 7.64. The molecule has 1 saturated heterocycles. The lowest BCUT2D eigenvalue weighted by molar-refractivity contribution is 0.309. The topological polar surface area (TPSA) is 106 Å². The number of imidazole rings is 1. The summed E-state index contributed by atoms with van der Waals surface area (Å²) in [6.07, 6.45) is 5.04. The zero-order valence-corrected chi connectivity index (χ0v) is 16.3. The summed E-state index contributed by atoms with van der Waals surface area (Å²) in [4.78, 5) is 37.4. The van der Waals surface area contributed by atoms with Gasteiger partial charge in [0.25, 0.3) is 11.1 Å². The van der Waals surface area contributed by atoms with Crippen LogP contribution in [0.25, 0.3) is 12.7 Å². The van der Waals surface area contributed by atoms with E-state index in [0.717, 1.165) is 31.0 Å². The van der Waals surface area contributed by atoms with Gasteiger partial charge in [-0.05, 0) is 50.3 Å². The lowest BCUT2D eigenvalue weighted by atomic mass is 9.84. The fourth-order valence-electron chi connectivity index (χ4n) is 3.87. The van der Waals surface area contributed by atoms with Crippen molar-refractivity contribution in [2.45, 2.75) is 51.9 Å². The first-order valence-electron chi connectivity index (χ1n) is 9.74. The summed E-state index contributed by atoms with van der Waals surface area (Å²) in [6, 6.07) is 0. The molecule has 7 heteroatoms. The van der Waals surface area contributed by atoms with Crippen molar-refractivity contribution in [2.75, 3.05) is 13.1 Å². The van der Waals surface area contributed by atoms with Crippen molar-refractivity contribution in [1.29, 1.82) is 0 Å². The normalized spacial score (nSPS) is 19.6. The van der Waals surface area contributed by atoms with Crippen LogP contribution in [0.4, 0.5) is 0 Å². The minimum absolute atomic E-state index is 0.0554. The van der Waals surface area contributed by atoms with E-state index in [1.54, 1.807) is 6.08 Å². The van der Waals surface area contributed by atoms with Gasteiger partial charge in [-0.15, -0.1) is 0 Å². The van der Waals surface area contributed by atoms with E-state index in [-0.39, 0.29) is 22.2 Å². The lowest BCUT2D eigenvalue weighted by Gasteiger charge is -2.29. The van der Waals surface area contributed by atoms with Crippen LogP contribution in [-0.4, -0.2) is 33.0 Å². The van der Waals surface area contributed by atoms with E-state index in [0.29, 0.717) is 17.5 Å². The third-order valence-corrected chi connectivity index (χ3v) is 5.36. The molecular formula is C20H29N5O2. The molecule has 0 saturated carbocycles. The molecule has 4 N–H and O–H groups in total. The van der Waals surface area contributed by atoms with E-state index >= 15 is 0 Å². The van der Waals surface area contributed by atoms with Crippen molar-refractivity contribution in [3.8, 4) is 0 Å². The Bertz CT molecular complexity index is 1010. The number of nitrogens with one attached hydrogen (secondary N) is 4. The molecule has 2 aromatic rings. The molecule has 0 spiro atoms. The summed E-state index contributed by atoms with van der Waals surface area (Å²) in [5.74, 6) is 2.08. The molecule has 0 amide bonds. The van der Waals surface area contributed by atoms with Crippen molar-refractivity contribution in [1.82, 2.24) is 25.3 Å². The lowest BCUT2D eigenvalue weighted by Crippen LogP contribution is -2.46. The van der Waals surface area contributed by atoms with Crippen LogP contribution in [0, 0.1) is 5.92 Å². The van der Waals surface area contributed by atoms with Crippen LogP contribution in [0.15, 0.2) is 9.59 Å². The quantitative estimate of drug-likeness (QED) is 0.619. The Labute approximate surface area is 158 Å². The zero-order valence-electron chi connectivity index (χ0n) is 16.3. The summed E-state index contributed by atoms with van der Waals surface area (Å²) in [6.45, 7) is 12.0. The van der Waals surface area contributed by atoms with Crippen LogP contribution >= 0.6 is 0 Å². The first-order valence-corrected chi connectivity index (χ1v) is 9.74. The Morgan fingerprint density at radius 1 is 1.22 bits per heavy atom. The molecule has 0 aromatic carbocycles.